The van der Waals surface area contributed by atoms with Crippen molar-refractivity contribution in [1.29, 1.82) is 0 Å². The Balaban J connectivity index is 0.000000463. The van der Waals surface area contributed by atoms with Crippen molar-refractivity contribution in [3.63, 3.8) is 0 Å². The number of rotatable bonds is 1. The van der Waals surface area contributed by atoms with Crippen molar-refractivity contribution in [2.75, 3.05) is 0 Å². The molecule has 33 heavy (non-hydrogen) atoms. The van der Waals surface area contributed by atoms with Crippen LogP contribution in [0.4, 0.5) is 0 Å². The van der Waals surface area contributed by atoms with E-state index in [0.29, 0.717) is 5.52 Å². The molecule has 0 bridgehead atoms. The Morgan fingerprint density at radius 2 is 1.33 bits per heavy atom. The van der Waals surface area contributed by atoms with E-state index in [2.05, 4.69) is 56.7 Å². The second kappa shape index (κ2) is 14.1. The summed E-state index contributed by atoms with van der Waals surface area (Å²) in [6.07, 6.45) is 0. The standard InChI is InChI=1S/C10H14.C9H11N3O.C7H10O.C2H6/c1-7-5-9(3)10(4)6-8(7)2;1-6-4-5-7-8(10-6)9(13)12(3)11(7)2;1-4-5-7(8)6(2)3;1-2/h5-6H,1-4H3;4-5H,1-3H3;6H,1-3H3;1-2H3. The lowest BCUT2D eigenvalue weighted by molar-refractivity contribution is -0.116. The lowest BCUT2D eigenvalue weighted by Gasteiger charge is -2.04. The minimum absolute atomic E-state index is 0.0208. The van der Waals surface area contributed by atoms with Gasteiger partial charge >= 0.3 is 0 Å². The maximum Gasteiger partial charge on any atom is 0.292 e. The zero-order chi connectivity index (χ0) is 25.9. The maximum atomic E-state index is 11.6. The van der Waals surface area contributed by atoms with E-state index in [0.717, 1.165) is 11.2 Å². The Bertz CT molecular complexity index is 1140. The van der Waals surface area contributed by atoms with Crippen LogP contribution in [0.3, 0.4) is 0 Å². The van der Waals surface area contributed by atoms with Gasteiger partial charge in [0.05, 0.1) is 5.52 Å². The zero-order valence-corrected chi connectivity index (χ0v) is 22.5. The van der Waals surface area contributed by atoms with Crippen LogP contribution in [-0.2, 0) is 18.9 Å². The number of hydrogen-bond acceptors (Lipinski definition) is 3. The predicted octanol–water partition coefficient (Wildman–Crippen LogP) is 5.76. The number of nitrogens with zero attached hydrogens (tertiary/aromatic N) is 3. The summed E-state index contributed by atoms with van der Waals surface area (Å²) in [5, 5.41) is 0. The molecule has 3 rings (SSSR count). The number of aryl methyl sites for hydroxylation is 6. The Kier molecular flexibility index (Phi) is 12.8. The van der Waals surface area contributed by atoms with Crippen molar-refractivity contribution in [3.8, 4) is 11.8 Å². The van der Waals surface area contributed by atoms with Crippen molar-refractivity contribution < 1.29 is 4.79 Å². The quantitative estimate of drug-likeness (QED) is 0.349. The molecular formula is C28H41N3O2. The summed E-state index contributed by atoms with van der Waals surface area (Å²) in [5.41, 5.74) is 7.82. The molecule has 2 heterocycles. The molecule has 0 aliphatic carbocycles. The second-order valence-corrected chi connectivity index (χ2v) is 8.09. The highest BCUT2D eigenvalue weighted by Gasteiger charge is 2.08. The van der Waals surface area contributed by atoms with E-state index in [1.165, 1.54) is 22.3 Å². The lowest BCUT2D eigenvalue weighted by atomic mass is 10.0. The van der Waals surface area contributed by atoms with Gasteiger partial charge in [0.15, 0.2) is 5.52 Å². The van der Waals surface area contributed by atoms with Crippen molar-refractivity contribution >= 4 is 16.8 Å². The van der Waals surface area contributed by atoms with Crippen LogP contribution in [0, 0.1) is 52.4 Å². The summed E-state index contributed by atoms with van der Waals surface area (Å²) in [7, 11) is 3.58. The number of ketones is 1. The second-order valence-electron chi connectivity index (χ2n) is 8.09. The summed E-state index contributed by atoms with van der Waals surface area (Å²) in [5.74, 6) is 5.08. The molecule has 0 radical (unpaired) electrons. The van der Waals surface area contributed by atoms with Gasteiger partial charge in [0.25, 0.3) is 5.56 Å². The fourth-order valence-corrected chi connectivity index (χ4v) is 2.79. The van der Waals surface area contributed by atoms with E-state index < -0.39 is 0 Å². The monoisotopic (exact) mass is 451 g/mol. The molecule has 0 spiro atoms. The van der Waals surface area contributed by atoms with Crippen LogP contribution >= 0.6 is 0 Å². The first-order valence-corrected chi connectivity index (χ1v) is 11.4. The Morgan fingerprint density at radius 1 is 0.879 bits per heavy atom. The molecule has 0 atom stereocenters. The number of Topliss-reactive ketones (excluding diaryl/α,β-unsaturated/α-hetero) is 1. The smallest absolute Gasteiger partial charge is 0.285 e. The topological polar surface area (TPSA) is 56.9 Å². The van der Waals surface area contributed by atoms with Crippen LogP contribution in [0.5, 0.6) is 0 Å². The first-order chi connectivity index (χ1) is 15.4. The summed E-state index contributed by atoms with van der Waals surface area (Å²) >= 11 is 0. The minimum Gasteiger partial charge on any atom is -0.285 e. The number of fused-ring (bicyclic) bond motifs is 1. The molecule has 5 nitrogen and oxygen atoms in total. The van der Waals surface area contributed by atoms with E-state index in [9.17, 15) is 9.59 Å². The van der Waals surface area contributed by atoms with Gasteiger partial charge in [-0.25, -0.2) is 4.98 Å². The van der Waals surface area contributed by atoms with Crippen LogP contribution < -0.4 is 5.56 Å². The molecule has 180 valence electrons. The van der Waals surface area contributed by atoms with Gasteiger partial charge in [0.2, 0.25) is 5.78 Å². The number of pyridine rings is 1. The normalized spacial score (nSPS) is 9.48. The average molecular weight is 452 g/mol. The summed E-state index contributed by atoms with van der Waals surface area (Å²) < 4.78 is 3.35. The molecule has 0 aliphatic heterocycles. The molecule has 1 aromatic carbocycles. The fraction of sp³-hybridized carbons (Fsp3) is 0.464. The Hall–Kier alpha value is -3.13. The fourth-order valence-electron chi connectivity index (χ4n) is 2.79. The van der Waals surface area contributed by atoms with Gasteiger partial charge in [0, 0.05) is 25.7 Å². The van der Waals surface area contributed by atoms with Crippen LogP contribution in [0.25, 0.3) is 11.0 Å². The third-order valence-corrected chi connectivity index (χ3v) is 5.19. The molecule has 0 amide bonds. The highest BCUT2D eigenvalue weighted by Crippen LogP contribution is 2.13. The van der Waals surface area contributed by atoms with Crippen LogP contribution in [0.1, 0.15) is 62.6 Å². The highest BCUT2D eigenvalue weighted by molar-refractivity contribution is 5.96. The zero-order valence-electron chi connectivity index (χ0n) is 22.5. The Morgan fingerprint density at radius 3 is 1.70 bits per heavy atom. The van der Waals surface area contributed by atoms with Gasteiger partial charge in [-0.15, -0.1) is 0 Å². The van der Waals surface area contributed by atoms with Crippen LogP contribution in [-0.4, -0.2) is 20.1 Å². The van der Waals surface area contributed by atoms with Gasteiger partial charge in [-0.3, -0.25) is 19.0 Å². The van der Waals surface area contributed by atoms with E-state index in [4.69, 9.17) is 0 Å². The van der Waals surface area contributed by atoms with Gasteiger partial charge in [0.1, 0.15) is 0 Å². The first kappa shape index (κ1) is 29.9. The van der Waals surface area contributed by atoms with E-state index in [1.54, 1.807) is 23.3 Å². The molecule has 2 aromatic heterocycles. The van der Waals surface area contributed by atoms with Crippen LogP contribution in [0.15, 0.2) is 29.1 Å². The number of aromatic nitrogens is 3. The third kappa shape index (κ3) is 8.73. The minimum atomic E-state index is -0.0406. The third-order valence-electron chi connectivity index (χ3n) is 5.19. The molecule has 0 fully saturated rings. The molecule has 0 N–H and O–H groups in total. The number of hydrogen-bond donors (Lipinski definition) is 0. The summed E-state index contributed by atoms with van der Waals surface area (Å²) in [6.45, 7) is 19.8. The van der Waals surface area contributed by atoms with E-state index in [1.807, 2.05) is 53.8 Å². The van der Waals surface area contributed by atoms with Crippen molar-refractivity contribution in [2.45, 2.75) is 69.2 Å². The molecule has 0 saturated carbocycles. The molecule has 5 heteroatoms. The molecule has 0 saturated heterocycles. The molecule has 0 aliphatic rings. The maximum absolute atomic E-state index is 11.6. The number of carbonyl (C=O) groups is 1. The predicted molar refractivity (Wildman–Crippen MR) is 141 cm³/mol. The molecule has 3 aromatic rings. The number of carbonyl (C=O) groups excluding carboxylic acids is 1. The lowest BCUT2D eigenvalue weighted by Crippen LogP contribution is -2.16. The largest absolute Gasteiger partial charge is 0.292 e. The van der Waals surface area contributed by atoms with E-state index >= 15 is 0 Å². The van der Waals surface area contributed by atoms with Crippen molar-refractivity contribution in [1.82, 2.24) is 14.3 Å². The van der Waals surface area contributed by atoms with Gasteiger partial charge < -0.3 is 0 Å². The first-order valence-electron chi connectivity index (χ1n) is 11.4. The van der Waals surface area contributed by atoms with Crippen LogP contribution in [0.2, 0.25) is 0 Å². The SMILES string of the molecule is CC.CC#CC(=O)C(C)C.Cc1cc(C)c(C)cc1C.Cc1ccc2c(n1)c(=O)n(C)n2C. The summed E-state index contributed by atoms with van der Waals surface area (Å²) in [4.78, 5) is 26.4. The van der Waals surface area contributed by atoms with Crippen molar-refractivity contribution in [3.05, 3.63) is 62.6 Å². The highest BCUT2D eigenvalue weighted by atomic mass is 16.1. The molecular weight excluding hydrogens is 410 g/mol. The molecule has 0 unspecified atom stereocenters. The average Bonchev–Trinajstić information content (AvgIpc) is 2.98. The van der Waals surface area contributed by atoms with E-state index in [-0.39, 0.29) is 17.3 Å². The number of benzene rings is 1. The van der Waals surface area contributed by atoms with Gasteiger partial charge in [-0.1, -0.05) is 45.7 Å². The van der Waals surface area contributed by atoms with Gasteiger partial charge in [-0.2, -0.15) is 0 Å². The van der Waals surface area contributed by atoms with Gasteiger partial charge in [-0.05, 0) is 81.8 Å². The summed E-state index contributed by atoms with van der Waals surface area (Å²) in [6, 6.07) is 8.30. The Labute approximate surface area is 199 Å². The van der Waals surface area contributed by atoms with Crippen molar-refractivity contribution in [2.24, 2.45) is 20.0 Å².